The number of pyridine rings is 1. The van der Waals surface area contributed by atoms with Crippen molar-refractivity contribution in [3.63, 3.8) is 0 Å². The van der Waals surface area contributed by atoms with Gasteiger partial charge in [-0.15, -0.1) is 0 Å². The zero-order valence-electron chi connectivity index (χ0n) is 14.1. The van der Waals surface area contributed by atoms with E-state index in [1.165, 1.54) is 0 Å². The Balaban J connectivity index is 1.53. The smallest absolute Gasteiger partial charge is 0.161 e. The lowest BCUT2D eigenvalue weighted by Crippen LogP contribution is -2.19. The summed E-state index contributed by atoms with van der Waals surface area (Å²) >= 11 is 0. The molecule has 0 atom stereocenters. The average molecular weight is 333 g/mol. The van der Waals surface area contributed by atoms with Crippen LogP contribution in [0.25, 0.3) is 5.52 Å². The Morgan fingerprint density at radius 1 is 1.12 bits per heavy atom. The van der Waals surface area contributed by atoms with Crippen molar-refractivity contribution in [2.45, 2.75) is 13.1 Å². The van der Waals surface area contributed by atoms with Gasteiger partial charge in [0.25, 0.3) is 0 Å². The molecule has 5 heteroatoms. The Labute approximate surface area is 146 Å². The third-order valence-corrected chi connectivity index (χ3v) is 4.37. The summed E-state index contributed by atoms with van der Waals surface area (Å²) in [5.74, 6) is 1.62. The van der Waals surface area contributed by atoms with E-state index >= 15 is 0 Å². The van der Waals surface area contributed by atoms with Gasteiger partial charge in [-0.2, -0.15) is 5.26 Å². The fourth-order valence-corrected chi connectivity index (χ4v) is 3.27. The molecule has 126 valence electrons. The van der Waals surface area contributed by atoms with Crippen molar-refractivity contribution in [2.75, 3.05) is 20.3 Å². The van der Waals surface area contributed by atoms with Gasteiger partial charge in [0.05, 0.1) is 11.1 Å². The molecule has 0 saturated heterocycles. The lowest BCUT2D eigenvalue weighted by molar-refractivity contribution is 0.171. The van der Waals surface area contributed by atoms with Crippen molar-refractivity contribution >= 4 is 5.52 Å². The Hall–Kier alpha value is -2.97. The minimum atomic E-state index is 0.592. The number of ether oxygens (including phenoxy) is 2. The van der Waals surface area contributed by atoms with E-state index in [1.807, 2.05) is 47.1 Å². The van der Waals surface area contributed by atoms with Gasteiger partial charge in [-0.25, -0.2) is 0 Å². The summed E-state index contributed by atoms with van der Waals surface area (Å²) in [4.78, 5) is 2.20. The van der Waals surface area contributed by atoms with E-state index in [4.69, 9.17) is 9.47 Å². The van der Waals surface area contributed by atoms with Crippen LogP contribution in [0, 0.1) is 11.3 Å². The average Bonchev–Trinajstić information content (AvgIpc) is 2.98. The number of benzene rings is 1. The molecule has 0 spiro atoms. The first-order chi connectivity index (χ1) is 12.2. The highest BCUT2D eigenvalue weighted by Crippen LogP contribution is 2.31. The maximum Gasteiger partial charge on any atom is 0.161 e. The predicted molar refractivity (Wildman–Crippen MR) is 94.7 cm³/mol. The summed E-state index contributed by atoms with van der Waals surface area (Å²) < 4.78 is 13.2. The van der Waals surface area contributed by atoms with Crippen LogP contribution in [-0.2, 0) is 13.1 Å². The highest BCUT2D eigenvalue weighted by molar-refractivity contribution is 5.65. The molecule has 0 radical (unpaired) electrons. The molecule has 4 rings (SSSR count). The molecule has 2 aromatic heterocycles. The van der Waals surface area contributed by atoms with E-state index < -0.39 is 0 Å². The molecular weight excluding hydrogens is 314 g/mol. The van der Waals surface area contributed by atoms with E-state index in [1.54, 1.807) is 0 Å². The lowest BCUT2D eigenvalue weighted by Gasteiger charge is -2.21. The SMILES string of the molecule is CN(Cc1ccc2c(c1)OCCO2)Cc1cn2ccccc2c1C#N. The van der Waals surface area contributed by atoms with Crippen LogP contribution >= 0.6 is 0 Å². The summed E-state index contributed by atoms with van der Waals surface area (Å²) in [6.07, 6.45) is 4.01. The molecule has 0 saturated carbocycles. The Bertz CT molecular complexity index is 955. The summed E-state index contributed by atoms with van der Waals surface area (Å²) in [6, 6.07) is 14.3. The zero-order valence-corrected chi connectivity index (χ0v) is 14.1. The van der Waals surface area contributed by atoms with Gasteiger partial charge in [0.15, 0.2) is 11.5 Å². The first kappa shape index (κ1) is 15.6. The normalized spacial score (nSPS) is 13.2. The number of rotatable bonds is 4. The van der Waals surface area contributed by atoms with Crippen LogP contribution in [0.1, 0.15) is 16.7 Å². The molecule has 0 bridgehead atoms. The van der Waals surface area contributed by atoms with Gasteiger partial charge in [0.2, 0.25) is 0 Å². The molecule has 25 heavy (non-hydrogen) atoms. The molecule has 0 N–H and O–H groups in total. The maximum atomic E-state index is 9.53. The predicted octanol–water partition coefficient (Wildman–Crippen LogP) is 3.21. The van der Waals surface area contributed by atoms with Crippen molar-refractivity contribution in [1.82, 2.24) is 9.30 Å². The Morgan fingerprint density at radius 2 is 1.96 bits per heavy atom. The quantitative estimate of drug-likeness (QED) is 0.736. The maximum absolute atomic E-state index is 9.53. The van der Waals surface area contributed by atoms with Crippen LogP contribution in [-0.4, -0.2) is 29.6 Å². The number of hydrogen-bond acceptors (Lipinski definition) is 4. The second-order valence-corrected chi connectivity index (χ2v) is 6.28. The first-order valence-corrected chi connectivity index (χ1v) is 8.30. The monoisotopic (exact) mass is 333 g/mol. The molecule has 3 aromatic rings. The van der Waals surface area contributed by atoms with Gasteiger partial charge < -0.3 is 13.9 Å². The number of nitriles is 1. The fourth-order valence-electron chi connectivity index (χ4n) is 3.27. The molecule has 0 fully saturated rings. The van der Waals surface area contributed by atoms with Crippen molar-refractivity contribution in [3.05, 3.63) is 65.5 Å². The zero-order chi connectivity index (χ0) is 17.2. The third kappa shape index (κ3) is 3.04. The van der Waals surface area contributed by atoms with Crippen LogP contribution in [0.15, 0.2) is 48.8 Å². The van der Waals surface area contributed by atoms with Crippen LogP contribution in [0.4, 0.5) is 0 Å². The topological polar surface area (TPSA) is 49.9 Å². The largest absolute Gasteiger partial charge is 0.486 e. The third-order valence-electron chi connectivity index (χ3n) is 4.37. The van der Waals surface area contributed by atoms with Crippen LogP contribution in [0.5, 0.6) is 11.5 Å². The summed E-state index contributed by atoms with van der Waals surface area (Å²) in [6.45, 7) is 2.67. The van der Waals surface area contributed by atoms with E-state index in [0.717, 1.165) is 40.3 Å². The van der Waals surface area contributed by atoms with Crippen molar-refractivity contribution < 1.29 is 9.47 Å². The standard InChI is InChI=1S/C20H19N3O2/c1-22(12-15-5-6-19-20(10-15)25-9-8-24-19)13-16-14-23-7-3-2-4-18(23)17(16)11-21/h2-7,10,14H,8-9,12-13H2,1H3. The molecular formula is C20H19N3O2. The van der Waals surface area contributed by atoms with Crippen molar-refractivity contribution in [3.8, 4) is 17.6 Å². The van der Waals surface area contributed by atoms with Gasteiger partial charge in [0, 0.05) is 31.0 Å². The van der Waals surface area contributed by atoms with Crippen LogP contribution in [0.2, 0.25) is 0 Å². The van der Waals surface area contributed by atoms with E-state index in [-0.39, 0.29) is 0 Å². The first-order valence-electron chi connectivity index (χ1n) is 8.30. The van der Waals surface area contributed by atoms with Crippen LogP contribution < -0.4 is 9.47 Å². The molecule has 1 aliphatic rings. The van der Waals surface area contributed by atoms with Crippen molar-refractivity contribution in [1.29, 1.82) is 5.26 Å². The molecule has 0 amide bonds. The molecule has 0 unspecified atom stereocenters. The molecule has 0 aliphatic carbocycles. The Morgan fingerprint density at radius 3 is 2.80 bits per heavy atom. The summed E-state index contributed by atoms with van der Waals surface area (Å²) in [7, 11) is 2.06. The summed E-state index contributed by atoms with van der Waals surface area (Å²) in [5, 5.41) is 9.53. The highest BCUT2D eigenvalue weighted by atomic mass is 16.6. The van der Waals surface area contributed by atoms with Gasteiger partial charge in [-0.3, -0.25) is 4.90 Å². The number of hydrogen-bond donors (Lipinski definition) is 0. The van der Waals surface area contributed by atoms with Gasteiger partial charge in [0.1, 0.15) is 19.3 Å². The second kappa shape index (κ2) is 6.50. The van der Waals surface area contributed by atoms with Gasteiger partial charge >= 0.3 is 0 Å². The fraction of sp³-hybridized carbons (Fsp3) is 0.250. The molecule has 5 nitrogen and oxygen atoms in total. The summed E-state index contributed by atoms with van der Waals surface area (Å²) in [5.41, 5.74) is 3.89. The second-order valence-electron chi connectivity index (χ2n) is 6.28. The van der Waals surface area contributed by atoms with Gasteiger partial charge in [-0.05, 0) is 36.9 Å². The van der Waals surface area contributed by atoms with Gasteiger partial charge in [-0.1, -0.05) is 12.1 Å². The molecule has 3 heterocycles. The van der Waals surface area contributed by atoms with E-state index in [9.17, 15) is 5.26 Å². The number of aromatic nitrogens is 1. The number of fused-ring (bicyclic) bond motifs is 2. The van der Waals surface area contributed by atoms with E-state index in [2.05, 4.69) is 24.1 Å². The highest BCUT2D eigenvalue weighted by Gasteiger charge is 2.14. The molecule has 1 aromatic carbocycles. The number of nitrogens with zero attached hydrogens (tertiary/aromatic N) is 3. The lowest BCUT2D eigenvalue weighted by atomic mass is 10.1. The van der Waals surface area contributed by atoms with Crippen LogP contribution in [0.3, 0.4) is 0 Å². The van der Waals surface area contributed by atoms with Crippen molar-refractivity contribution in [2.24, 2.45) is 0 Å². The van der Waals surface area contributed by atoms with E-state index in [0.29, 0.717) is 19.8 Å². The minimum absolute atomic E-state index is 0.592. The minimum Gasteiger partial charge on any atom is -0.486 e. The molecule has 1 aliphatic heterocycles. The Kier molecular flexibility index (Phi) is 4.04.